The van der Waals surface area contributed by atoms with Gasteiger partial charge in [-0.25, -0.2) is 5.48 Å². The monoisotopic (exact) mass is 133 g/mol. The van der Waals surface area contributed by atoms with Gasteiger partial charge < -0.3 is 4.74 Å². The van der Waals surface area contributed by atoms with Gasteiger partial charge in [-0.15, -0.1) is 0 Å². The molecule has 0 aromatic rings. The van der Waals surface area contributed by atoms with Gasteiger partial charge in [0.05, 0.1) is 7.11 Å². The maximum Gasteiger partial charge on any atom is 0.272 e. The molecule has 0 aliphatic heterocycles. The summed E-state index contributed by atoms with van der Waals surface area (Å²) < 4.78 is 4.67. The summed E-state index contributed by atoms with van der Waals surface area (Å²) in [5, 5.41) is 0. The third kappa shape index (κ3) is 3.05. The van der Waals surface area contributed by atoms with E-state index in [4.69, 9.17) is 0 Å². The Hall–Kier alpha value is -0.610. The van der Waals surface area contributed by atoms with E-state index in [1.54, 1.807) is 6.92 Å². The minimum absolute atomic E-state index is 0.278. The number of methoxy groups -OCH3 is 1. The second kappa shape index (κ2) is 4.29. The van der Waals surface area contributed by atoms with Crippen molar-refractivity contribution in [1.29, 1.82) is 0 Å². The van der Waals surface area contributed by atoms with Crippen molar-refractivity contribution in [2.75, 3.05) is 14.2 Å². The van der Waals surface area contributed by atoms with Gasteiger partial charge in [0, 0.05) is 7.11 Å². The van der Waals surface area contributed by atoms with E-state index in [0.29, 0.717) is 0 Å². The zero-order valence-electron chi connectivity index (χ0n) is 5.80. The average Bonchev–Trinajstić information content (AvgIpc) is 1.87. The molecule has 0 bridgehead atoms. The van der Waals surface area contributed by atoms with E-state index in [-0.39, 0.29) is 5.91 Å². The maximum atomic E-state index is 10.6. The highest BCUT2D eigenvalue weighted by atomic mass is 16.6. The summed E-state index contributed by atoms with van der Waals surface area (Å²) in [5.41, 5.74) is 2.13. The first-order valence-electron chi connectivity index (χ1n) is 2.58. The van der Waals surface area contributed by atoms with E-state index < -0.39 is 6.10 Å². The molecule has 0 saturated carbocycles. The molecule has 54 valence electrons. The van der Waals surface area contributed by atoms with Gasteiger partial charge in [-0.3, -0.25) is 9.63 Å². The van der Waals surface area contributed by atoms with Crippen LogP contribution in [-0.2, 0) is 14.4 Å². The lowest BCUT2D eigenvalue weighted by atomic mass is 10.4. The minimum Gasteiger partial charge on any atom is -0.372 e. The summed E-state index contributed by atoms with van der Waals surface area (Å²) in [4.78, 5) is 15.0. The van der Waals surface area contributed by atoms with E-state index in [1.807, 2.05) is 0 Å². The average molecular weight is 133 g/mol. The fourth-order valence-corrected chi connectivity index (χ4v) is 0.291. The lowest BCUT2D eigenvalue weighted by Crippen LogP contribution is -2.32. The molecule has 0 aromatic carbocycles. The van der Waals surface area contributed by atoms with Crippen LogP contribution in [0.1, 0.15) is 6.92 Å². The molecule has 1 amide bonds. The van der Waals surface area contributed by atoms with Crippen molar-refractivity contribution in [2.45, 2.75) is 13.0 Å². The van der Waals surface area contributed by atoms with E-state index in [2.05, 4.69) is 15.1 Å². The second-order valence-electron chi connectivity index (χ2n) is 1.55. The quantitative estimate of drug-likeness (QED) is 0.537. The van der Waals surface area contributed by atoms with Crippen LogP contribution in [-0.4, -0.2) is 26.2 Å². The minimum atomic E-state index is -0.454. The smallest absolute Gasteiger partial charge is 0.272 e. The van der Waals surface area contributed by atoms with Crippen molar-refractivity contribution >= 4 is 5.91 Å². The summed E-state index contributed by atoms with van der Waals surface area (Å²) >= 11 is 0. The van der Waals surface area contributed by atoms with Gasteiger partial charge in [0.25, 0.3) is 5.91 Å². The van der Waals surface area contributed by atoms with Gasteiger partial charge in [0.1, 0.15) is 6.10 Å². The van der Waals surface area contributed by atoms with Crippen molar-refractivity contribution in [3.63, 3.8) is 0 Å². The molecule has 9 heavy (non-hydrogen) atoms. The fourth-order valence-electron chi connectivity index (χ4n) is 0.291. The molecule has 0 spiro atoms. The Morgan fingerprint density at radius 3 is 2.44 bits per heavy atom. The number of nitrogens with one attached hydrogen (secondary N) is 1. The van der Waals surface area contributed by atoms with Crippen molar-refractivity contribution in [2.24, 2.45) is 0 Å². The fraction of sp³-hybridized carbons (Fsp3) is 0.800. The summed E-state index contributed by atoms with van der Waals surface area (Å²) in [6.45, 7) is 1.63. The topological polar surface area (TPSA) is 47.6 Å². The largest absolute Gasteiger partial charge is 0.372 e. The van der Waals surface area contributed by atoms with Gasteiger partial charge in [-0.2, -0.15) is 0 Å². The van der Waals surface area contributed by atoms with Crippen LogP contribution in [0.15, 0.2) is 0 Å². The Bertz CT molecular complexity index is 94.2. The van der Waals surface area contributed by atoms with Gasteiger partial charge in [0.15, 0.2) is 0 Å². The molecule has 0 fully saturated rings. The van der Waals surface area contributed by atoms with Gasteiger partial charge in [0.2, 0.25) is 0 Å². The number of carbonyl (C=O) groups is 1. The van der Waals surface area contributed by atoms with Crippen LogP contribution in [0.5, 0.6) is 0 Å². The molecular formula is C5H11NO3. The lowest BCUT2D eigenvalue weighted by molar-refractivity contribution is -0.140. The normalized spacial score (nSPS) is 12.8. The second-order valence-corrected chi connectivity index (χ2v) is 1.55. The predicted octanol–water partition coefficient (Wildman–Crippen LogP) is -0.301. The third-order valence-electron chi connectivity index (χ3n) is 0.925. The van der Waals surface area contributed by atoms with Crippen molar-refractivity contribution in [3.8, 4) is 0 Å². The van der Waals surface area contributed by atoms with Crippen LogP contribution in [0, 0.1) is 0 Å². The summed E-state index contributed by atoms with van der Waals surface area (Å²) in [5.74, 6) is -0.278. The molecular weight excluding hydrogens is 122 g/mol. The van der Waals surface area contributed by atoms with Crippen LogP contribution in [0.25, 0.3) is 0 Å². The van der Waals surface area contributed by atoms with Crippen LogP contribution in [0.4, 0.5) is 0 Å². The SMILES string of the molecule is CONC(=O)C(C)OC. The molecule has 0 aromatic heterocycles. The number of rotatable bonds is 3. The maximum absolute atomic E-state index is 10.6. The molecule has 0 radical (unpaired) electrons. The molecule has 4 heteroatoms. The molecule has 4 nitrogen and oxygen atoms in total. The highest BCUT2D eigenvalue weighted by Gasteiger charge is 2.09. The van der Waals surface area contributed by atoms with Crippen molar-refractivity contribution in [3.05, 3.63) is 0 Å². The molecule has 0 heterocycles. The number of hydrogen-bond donors (Lipinski definition) is 1. The lowest BCUT2D eigenvalue weighted by Gasteiger charge is -2.06. The van der Waals surface area contributed by atoms with Gasteiger partial charge in [-0.1, -0.05) is 0 Å². The number of ether oxygens (including phenoxy) is 1. The van der Waals surface area contributed by atoms with Crippen LogP contribution in [0.2, 0.25) is 0 Å². The van der Waals surface area contributed by atoms with Crippen LogP contribution < -0.4 is 5.48 Å². The van der Waals surface area contributed by atoms with Crippen LogP contribution in [0.3, 0.4) is 0 Å². The third-order valence-corrected chi connectivity index (χ3v) is 0.925. The summed E-state index contributed by atoms with van der Waals surface area (Å²) in [6, 6.07) is 0. The highest BCUT2D eigenvalue weighted by molar-refractivity contribution is 5.79. The summed E-state index contributed by atoms with van der Waals surface area (Å²) in [6.07, 6.45) is -0.454. The first kappa shape index (κ1) is 8.39. The molecule has 0 aliphatic rings. The zero-order valence-corrected chi connectivity index (χ0v) is 5.80. The molecule has 0 aliphatic carbocycles. The van der Waals surface area contributed by atoms with E-state index in [0.717, 1.165) is 0 Å². The molecule has 1 unspecified atom stereocenters. The van der Waals surface area contributed by atoms with Crippen molar-refractivity contribution < 1.29 is 14.4 Å². The number of hydrogen-bond acceptors (Lipinski definition) is 3. The van der Waals surface area contributed by atoms with Gasteiger partial charge >= 0.3 is 0 Å². The molecule has 1 atom stereocenters. The van der Waals surface area contributed by atoms with E-state index in [9.17, 15) is 4.79 Å². The number of amides is 1. The van der Waals surface area contributed by atoms with E-state index >= 15 is 0 Å². The van der Waals surface area contributed by atoms with Crippen molar-refractivity contribution in [1.82, 2.24) is 5.48 Å². The predicted molar refractivity (Wildman–Crippen MR) is 31.6 cm³/mol. The first-order valence-corrected chi connectivity index (χ1v) is 2.58. The van der Waals surface area contributed by atoms with Crippen LogP contribution >= 0.6 is 0 Å². The highest BCUT2D eigenvalue weighted by Crippen LogP contribution is 1.85. The Balaban J connectivity index is 3.46. The van der Waals surface area contributed by atoms with Gasteiger partial charge in [-0.05, 0) is 6.92 Å². The standard InChI is InChI=1S/C5H11NO3/c1-4(8-2)5(7)6-9-3/h4H,1-3H3,(H,6,7). The Labute approximate surface area is 54.1 Å². The number of carbonyl (C=O) groups excluding carboxylic acids is 1. The molecule has 0 saturated heterocycles. The first-order chi connectivity index (χ1) is 4.22. The Kier molecular flexibility index (Phi) is 4.00. The molecule has 0 rings (SSSR count). The zero-order chi connectivity index (χ0) is 7.28. The Morgan fingerprint density at radius 2 is 2.11 bits per heavy atom. The molecule has 1 N–H and O–H groups in total. The summed E-state index contributed by atoms with van der Waals surface area (Å²) in [7, 11) is 2.83. The van der Waals surface area contributed by atoms with E-state index in [1.165, 1.54) is 14.2 Å². The number of hydroxylamine groups is 1. The Morgan fingerprint density at radius 1 is 1.56 bits per heavy atom.